The van der Waals surface area contributed by atoms with Crippen LogP contribution in [0.4, 0.5) is 5.82 Å². The van der Waals surface area contributed by atoms with Crippen molar-refractivity contribution < 1.29 is 14.6 Å². The molecule has 0 spiro atoms. The van der Waals surface area contributed by atoms with Crippen molar-refractivity contribution in [1.29, 1.82) is 0 Å². The minimum Gasteiger partial charge on any atom is -0.477 e. The molecular formula is C12H14N4O3. The molecule has 19 heavy (non-hydrogen) atoms. The fourth-order valence-corrected chi connectivity index (χ4v) is 2.21. The predicted octanol–water partition coefficient (Wildman–Crippen LogP) is 0.653. The van der Waals surface area contributed by atoms with Crippen LogP contribution < -0.4 is 4.90 Å². The van der Waals surface area contributed by atoms with Crippen LogP contribution in [0.1, 0.15) is 17.3 Å². The highest BCUT2D eigenvalue weighted by Crippen LogP contribution is 2.17. The molecule has 0 amide bonds. The molecule has 0 unspecified atom stereocenters. The van der Waals surface area contributed by atoms with Crippen LogP contribution in [-0.2, 0) is 4.74 Å². The molecule has 0 bridgehead atoms. The average Bonchev–Trinajstić information content (AvgIpc) is 2.81. The predicted molar refractivity (Wildman–Crippen MR) is 67.6 cm³/mol. The van der Waals surface area contributed by atoms with E-state index in [1.54, 1.807) is 6.20 Å². The molecule has 3 rings (SSSR count). The maximum atomic E-state index is 11.1. The van der Waals surface area contributed by atoms with E-state index in [0.717, 1.165) is 18.9 Å². The lowest BCUT2D eigenvalue weighted by Gasteiger charge is -2.31. The van der Waals surface area contributed by atoms with Crippen LogP contribution in [0.15, 0.2) is 18.5 Å². The molecule has 0 aliphatic carbocycles. The summed E-state index contributed by atoms with van der Waals surface area (Å²) in [5.41, 5.74) is 0.479. The molecule has 1 fully saturated rings. The van der Waals surface area contributed by atoms with Crippen molar-refractivity contribution in [3.8, 4) is 0 Å². The van der Waals surface area contributed by atoms with Gasteiger partial charge in [-0.25, -0.2) is 14.3 Å². The Hall–Kier alpha value is -2.15. The van der Waals surface area contributed by atoms with Crippen molar-refractivity contribution in [2.24, 2.45) is 0 Å². The number of carboxylic acids is 1. The van der Waals surface area contributed by atoms with Crippen molar-refractivity contribution in [1.82, 2.24) is 14.6 Å². The molecule has 2 aromatic heterocycles. The van der Waals surface area contributed by atoms with E-state index < -0.39 is 5.97 Å². The number of ether oxygens (including phenoxy) is 1. The van der Waals surface area contributed by atoms with Gasteiger partial charge in [-0.05, 0) is 13.0 Å². The second-order valence-electron chi connectivity index (χ2n) is 4.54. The number of fused-ring (bicyclic) bond motifs is 1. The highest BCUT2D eigenvalue weighted by molar-refractivity contribution is 5.94. The van der Waals surface area contributed by atoms with Crippen molar-refractivity contribution in [3.63, 3.8) is 0 Å². The van der Waals surface area contributed by atoms with Gasteiger partial charge in [-0.15, -0.1) is 0 Å². The average molecular weight is 262 g/mol. The normalized spacial score (nSPS) is 19.8. The summed E-state index contributed by atoms with van der Waals surface area (Å²) in [6.07, 6.45) is 3.19. The Morgan fingerprint density at radius 1 is 1.58 bits per heavy atom. The lowest BCUT2D eigenvalue weighted by molar-refractivity contribution is 0.0529. The van der Waals surface area contributed by atoms with Gasteiger partial charge in [-0.3, -0.25) is 0 Å². The number of morpholine rings is 1. The second kappa shape index (κ2) is 4.51. The summed E-state index contributed by atoms with van der Waals surface area (Å²) >= 11 is 0. The van der Waals surface area contributed by atoms with Gasteiger partial charge >= 0.3 is 5.97 Å². The summed E-state index contributed by atoms with van der Waals surface area (Å²) in [7, 11) is 0. The van der Waals surface area contributed by atoms with E-state index in [-0.39, 0.29) is 11.7 Å². The highest BCUT2D eigenvalue weighted by atomic mass is 16.5. The Morgan fingerprint density at radius 2 is 2.42 bits per heavy atom. The van der Waals surface area contributed by atoms with Gasteiger partial charge in [0.05, 0.1) is 18.9 Å². The zero-order valence-electron chi connectivity index (χ0n) is 10.5. The van der Waals surface area contributed by atoms with E-state index in [1.165, 1.54) is 10.7 Å². The molecule has 1 atom stereocenters. The van der Waals surface area contributed by atoms with Gasteiger partial charge in [0.2, 0.25) is 0 Å². The van der Waals surface area contributed by atoms with Crippen LogP contribution in [0.5, 0.6) is 0 Å². The number of hydrogen-bond donors (Lipinski definition) is 1. The number of hydrogen-bond acceptors (Lipinski definition) is 5. The Labute approximate surface area is 109 Å². The van der Waals surface area contributed by atoms with Crippen LogP contribution in [0.25, 0.3) is 5.65 Å². The summed E-state index contributed by atoms with van der Waals surface area (Å²) < 4.78 is 6.95. The van der Waals surface area contributed by atoms with Crippen LogP contribution in [0.2, 0.25) is 0 Å². The first-order valence-corrected chi connectivity index (χ1v) is 6.09. The number of nitrogens with zero attached hydrogens (tertiary/aromatic N) is 4. The SMILES string of the molecule is C[C@@H]1CN(c2ccn3ncc(C(=O)O)c3n2)CCO1. The third kappa shape index (κ3) is 2.12. The number of aromatic nitrogens is 3. The molecule has 0 radical (unpaired) electrons. The third-order valence-corrected chi connectivity index (χ3v) is 3.15. The quantitative estimate of drug-likeness (QED) is 0.856. The Morgan fingerprint density at radius 3 is 3.16 bits per heavy atom. The highest BCUT2D eigenvalue weighted by Gasteiger charge is 2.20. The van der Waals surface area contributed by atoms with Crippen LogP contribution >= 0.6 is 0 Å². The fraction of sp³-hybridized carbons (Fsp3) is 0.417. The zero-order chi connectivity index (χ0) is 13.4. The molecule has 2 aromatic rings. The number of carbonyl (C=O) groups is 1. The van der Waals surface area contributed by atoms with Crippen molar-refractivity contribution in [3.05, 3.63) is 24.0 Å². The molecule has 1 aliphatic heterocycles. The first kappa shape index (κ1) is 11.9. The van der Waals surface area contributed by atoms with Crippen LogP contribution in [-0.4, -0.2) is 51.5 Å². The third-order valence-electron chi connectivity index (χ3n) is 3.15. The summed E-state index contributed by atoms with van der Waals surface area (Å²) in [6, 6.07) is 1.84. The standard InChI is InChI=1S/C12H14N4O3/c1-8-7-15(4-5-19-8)10-2-3-16-11(14-10)9(6-13-16)12(17)18/h2-3,6,8H,4-5,7H2,1H3,(H,17,18)/t8-/m1/s1. The van der Waals surface area contributed by atoms with E-state index >= 15 is 0 Å². The molecule has 7 nitrogen and oxygen atoms in total. The van der Waals surface area contributed by atoms with E-state index in [2.05, 4.69) is 15.0 Å². The Balaban J connectivity index is 2.00. The lowest BCUT2D eigenvalue weighted by atomic mass is 10.3. The minimum atomic E-state index is -1.02. The smallest absolute Gasteiger partial charge is 0.341 e. The monoisotopic (exact) mass is 262 g/mol. The summed E-state index contributed by atoms with van der Waals surface area (Å²) in [5.74, 6) is -0.263. The van der Waals surface area contributed by atoms with Crippen LogP contribution in [0, 0.1) is 0 Å². The molecule has 3 heterocycles. The summed E-state index contributed by atoms with van der Waals surface area (Å²) in [5, 5.41) is 13.1. The minimum absolute atomic E-state index is 0.114. The lowest BCUT2D eigenvalue weighted by Crippen LogP contribution is -2.41. The molecule has 7 heteroatoms. The number of aromatic carboxylic acids is 1. The Kier molecular flexibility index (Phi) is 2.83. The van der Waals surface area contributed by atoms with E-state index in [4.69, 9.17) is 9.84 Å². The largest absolute Gasteiger partial charge is 0.477 e. The number of carboxylic acid groups (broad SMARTS) is 1. The van der Waals surface area contributed by atoms with Crippen LogP contribution in [0.3, 0.4) is 0 Å². The number of anilines is 1. The van der Waals surface area contributed by atoms with Gasteiger partial charge in [-0.1, -0.05) is 0 Å². The van der Waals surface area contributed by atoms with Gasteiger partial charge in [0, 0.05) is 19.3 Å². The molecule has 1 saturated heterocycles. The summed E-state index contributed by atoms with van der Waals surface area (Å²) in [6.45, 7) is 4.16. The topological polar surface area (TPSA) is 80.0 Å². The molecule has 100 valence electrons. The van der Waals surface area contributed by atoms with Gasteiger partial charge in [0.15, 0.2) is 5.65 Å². The van der Waals surface area contributed by atoms with Gasteiger partial charge < -0.3 is 14.7 Å². The molecular weight excluding hydrogens is 248 g/mol. The maximum Gasteiger partial charge on any atom is 0.341 e. The van der Waals surface area contributed by atoms with Crippen molar-refractivity contribution in [2.45, 2.75) is 13.0 Å². The Bertz CT molecular complexity index is 624. The van der Waals surface area contributed by atoms with Gasteiger partial charge in [0.1, 0.15) is 11.4 Å². The molecule has 1 N–H and O–H groups in total. The molecule has 0 aromatic carbocycles. The van der Waals surface area contributed by atoms with E-state index in [0.29, 0.717) is 12.3 Å². The van der Waals surface area contributed by atoms with Crippen molar-refractivity contribution >= 4 is 17.4 Å². The molecule has 1 aliphatic rings. The van der Waals surface area contributed by atoms with E-state index in [1.807, 2.05) is 13.0 Å². The number of rotatable bonds is 2. The zero-order valence-corrected chi connectivity index (χ0v) is 10.5. The van der Waals surface area contributed by atoms with Crippen molar-refractivity contribution in [2.75, 3.05) is 24.6 Å². The maximum absolute atomic E-state index is 11.1. The molecule has 0 saturated carbocycles. The van der Waals surface area contributed by atoms with Gasteiger partial charge in [-0.2, -0.15) is 5.10 Å². The first-order valence-electron chi connectivity index (χ1n) is 6.09. The fourth-order valence-electron chi connectivity index (χ4n) is 2.21. The summed E-state index contributed by atoms with van der Waals surface area (Å²) in [4.78, 5) is 17.6. The second-order valence-corrected chi connectivity index (χ2v) is 4.54. The first-order chi connectivity index (χ1) is 9.15. The van der Waals surface area contributed by atoms with E-state index in [9.17, 15) is 4.79 Å². The van der Waals surface area contributed by atoms with Gasteiger partial charge in [0.25, 0.3) is 0 Å².